The molecule has 0 spiro atoms. The molecule has 0 unspecified atom stereocenters. The molecular formula is C9H19N3O. The Morgan fingerprint density at radius 1 is 1.62 bits per heavy atom. The lowest BCUT2D eigenvalue weighted by Crippen LogP contribution is -2.51. The van der Waals surface area contributed by atoms with Crippen LogP contribution in [0.2, 0.25) is 0 Å². The van der Waals surface area contributed by atoms with E-state index in [2.05, 4.69) is 17.1 Å². The molecule has 0 aromatic heterocycles. The SMILES string of the molecule is C[C@H]1CN(CC(=O)N(C)C)CCN1. The minimum Gasteiger partial charge on any atom is -0.348 e. The molecule has 0 aromatic carbocycles. The van der Waals surface area contributed by atoms with Crippen LogP contribution in [0.3, 0.4) is 0 Å². The molecule has 13 heavy (non-hydrogen) atoms. The van der Waals surface area contributed by atoms with Gasteiger partial charge in [-0.2, -0.15) is 0 Å². The van der Waals surface area contributed by atoms with Crippen LogP contribution in [-0.2, 0) is 4.79 Å². The van der Waals surface area contributed by atoms with E-state index in [0.29, 0.717) is 12.6 Å². The largest absolute Gasteiger partial charge is 0.348 e. The van der Waals surface area contributed by atoms with Crippen LogP contribution in [0.25, 0.3) is 0 Å². The second-order valence-corrected chi connectivity index (χ2v) is 3.88. The summed E-state index contributed by atoms with van der Waals surface area (Å²) in [6.45, 7) is 5.64. The topological polar surface area (TPSA) is 35.6 Å². The van der Waals surface area contributed by atoms with Gasteiger partial charge in [0.25, 0.3) is 0 Å². The number of nitrogens with one attached hydrogen (secondary N) is 1. The van der Waals surface area contributed by atoms with Crippen molar-refractivity contribution in [2.45, 2.75) is 13.0 Å². The third kappa shape index (κ3) is 3.32. The number of hydrogen-bond acceptors (Lipinski definition) is 3. The van der Waals surface area contributed by atoms with Gasteiger partial charge >= 0.3 is 0 Å². The van der Waals surface area contributed by atoms with E-state index in [0.717, 1.165) is 19.6 Å². The van der Waals surface area contributed by atoms with Crippen LogP contribution in [0, 0.1) is 0 Å². The summed E-state index contributed by atoms with van der Waals surface area (Å²) in [5.41, 5.74) is 0. The molecule has 1 aliphatic heterocycles. The highest BCUT2D eigenvalue weighted by Gasteiger charge is 2.18. The van der Waals surface area contributed by atoms with Crippen molar-refractivity contribution in [2.75, 3.05) is 40.3 Å². The molecule has 1 amide bonds. The fourth-order valence-electron chi connectivity index (χ4n) is 1.49. The molecule has 1 N–H and O–H groups in total. The molecule has 0 saturated carbocycles. The van der Waals surface area contributed by atoms with Crippen molar-refractivity contribution in [1.82, 2.24) is 15.1 Å². The summed E-state index contributed by atoms with van der Waals surface area (Å²) in [6.07, 6.45) is 0. The minimum absolute atomic E-state index is 0.189. The zero-order valence-corrected chi connectivity index (χ0v) is 8.71. The summed E-state index contributed by atoms with van der Waals surface area (Å²) in [4.78, 5) is 15.2. The molecule has 0 aliphatic carbocycles. The van der Waals surface area contributed by atoms with E-state index < -0.39 is 0 Å². The Morgan fingerprint density at radius 3 is 2.85 bits per heavy atom. The van der Waals surface area contributed by atoms with E-state index in [-0.39, 0.29) is 5.91 Å². The first-order valence-electron chi connectivity index (χ1n) is 4.75. The summed E-state index contributed by atoms with van der Waals surface area (Å²) in [5.74, 6) is 0.189. The van der Waals surface area contributed by atoms with Crippen molar-refractivity contribution in [3.05, 3.63) is 0 Å². The Bertz CT molecular complexity index is 182. The Morgan fingerprint density at radius 2 is 2.31 bits per heavy atom. The van der Waals surface area contributed by atoms with E-state index in [1.165, 1.54) is 0 Å². The summed E-state index contributed by atoms with van der Waals surface area (Å²) in [6, 6.07) is 0.503. The average molecular weight is 185 g/mol. The predicted octanol–water partition coefficient (Wildman–Crippen LogP) is -0.632. The second-order valence-electron chi connectivity index (χ2n) is 3.88. The van der Waals surface area contributed by atoms with Crippen molar-refractivity contribution in [2.24, 2.45) is 0 Å². The van der Waals surface area contributed by atoms with Gasteiger partial charge in [0, 0.05) is 39.8 Å². The van der Waals surface area contributed by atoms with Gasteiger partial charge < -0.3 is 10.2 Å². The summed E-state index contributed by atoms with van der Waals surface area (Å²) in [5, 5.41) is 3.35. The molecule has 0 aromatic rings. The number of likely N-dealkylation sites (N-methyl/N-ethyl adjacent to an activating group) is 1. The van der Waals surface area contributed by atoms with Crippen LogP contribution in [0.1, 0.15) is 6.92 Å². The fourth-order valence-corrected chi connectivity index (χ4v) is 1.49. The molecule has 4 nitrogen and oxygen atoms in total. The maximum atomic E-state index is 11.4. The number of hydrogen-bond donors (Lipinski definition) is 1. The van der Waals surface area contributed by atoms with Crippen LogP contribution in [0.5, 0.6) is 0 Å². The Kier molecular flexibility index (Phi) is 3.69. The number of nitrogens with zero attached hydrogens (tertiary/aromatic N) is 2. The van der Waals surface area contributed by atoms with E-state index in [9.17, 15) is 4.79 Å². The van der Waals surface area contributed by atoms with Gasteiger partial charge in [0.1, 0.15) is 0 Å². The molecule has 1 aliphatic rings. The summed E-state index contributed by atoms with van der Waals surface area (Å²) < 4.78 is 0. The molecule has 1 atom stereocenters. The first-order valence-corrected chi connectivity index (χ1v) is 4.75. The Labute approximate surface area is 79.9 Å². The second kappa shape index (κ2) is 4.58. The third-order valence-electron chi connectivity index (χ3n) is 2.31. The van der Waals surface area contributed by atoms with Gasteiger partial charge in [-0.15, -0.1) is 0 Å². The Balaban J connectivity index is 2.31. The summed E-state index contributed by atoms with van der Waals surface area (Å²) in [7, 11) is 3.60. The lowest BCUT2D eigenvalue weighted by molar-refractivity contribution is -0.130. The van der Waals surface area contributed by atoms with Crippen LogP contribution in [0.15, 0.2) is 0 Å². The zero-order chi connectivity index (χ0) is 9.84. The van der Waals surface area contributed by atoms with Crippen molar-refractivity contribution < 1.29 is 4.79 Å². The quantitative estimate of drug-likeness (QED) is 0.622. The lowest BCUT2D eigenvalue weighted by Gasteiger charge is -2.31. The molecule has 1 rings (SSSR count). The van der Waals surface area contributed by atoms with Crippen molar-refractivity contribution in [3.8, 4) is 0 Å². The first-order chi connectivity index (χ1) is 6.09. The van der Waals surface area contributed by atoms with E-state index in [1.807, 2.05) is 0 Å². The van der Waals surface area contributed by atoms with E-state index in [1.54, 1.807) is 19.0 Å². The fraction of sp³-hybridized carbons (Fsp3) is 0.889. The summed E-state index contributed by atoms with van der Waals surface area (Å²) >= 11 is 0. The van der Waals surface area contributed by atoms with Crippen LogP contribution < -0.4 is 5.32 Å². The van der Waals surface area contributed by atoms with Gasteiger partial charge in [-0.3, -0.25) is 9.69 Å². The van der Waals surface area contributed by atoms with Crippen LogP contribution in [-0.4, -0.2) is 62.0 Å². The molecule has 1 heterocycles. The highest BCUT2D eigenvalue weighted by Crippen LogP contribution is 1.98. The standard InChI is InChI=1S/C9H19N3O/c1-8-6-12(5-4-10-8)7-9(13)11(2)3/h8,10H,4-7H2,1-3H3/t8-/m0/s1. The van der Waals surface area contributed by atoms with Crippen molar-refractivity contribution in [1.29, 1.82) is 0 Å². The van der Waals surface area contributed by atoms with Gasteiger partial charge in [-0.05, 0) is 6.92 Å². The van der Waals surface area contributed by atoms with E-state index in [4.69, 9.17) is 0 Å². The van der Waals surface area contributed by atoms with Gasteiger partial charge in [-0.1, -0.05) is 0 Å². The number of carbonyl (C=O) groups is 1. The molecule has 1 fully saturated rings. The molecule has 0 radical (unpaired) electrons. The normalized spacial score (nSPS) is 24.4. The number of carbonyl (C=O) groups excluding carboxylic acids is 1. The molecule has 0 bridgehead atoms. The lowest BCUT2D eigenvalue weighted by atomic mass is 10.2. The van der Waals surface area contributed by atoms with Gasteiger partial charge in [0.05, 0.1) is 6.54 Å². The zero-order valence-electron chi connectivity index (χ0n) is 8.71. The number of amides is 1. The third-order valence-corrected chi connectivity index (χ3v) is 2.31. The highest BCUT2D eigenvalue weighted by atomic mass is 16.2. The molecule has 4 heteroatoms. The predicted molar refractivity (Wildman–Crippen MR) is 52.6 cm³/mol. The number of piperazine rings is 1. The average Bonchev–Trinajstić information content (AvgIpc) is 2.04. The van der Waals surface area contributed by atoms with E-state index >= 15 is 0 Å². The van der Waals surface area contributed by atoms with Crippen LogP contribution in [0.4, 0.5) is 0 Å². The first kappa shape index (κ1) is 10.5. The van der Waals surface area contributed by atoms with Gasteiger partial charge in [-0.25, -0.2) is 0 Å². The van der Waals surface area contributed by atoms with Gasteiger partial charge in [0.2, 0.25) is 5.91 Å². The monoisotopic (exact) mass is 185 g/mol. The minimum atomic E-state index is 0.189. The molecule has 76 valence electrons. The van der Waals surface area contributed by atoms with Crippen molar-refractivity contribution in [3.63, 3.8) is 0 Å². The van der Waals surface area contributed by atoms with Crippen LogP contribution >= 0.6 is 0 Å². The maximum absolute atomic E-state index is 11.4. The number of rotatable bonds is 2. The molecule has 1 saturated heterocycles. The van der Waals surface area contributed by atoms with Crippen molar-refractivity contribution >= 4 is 5.91 Å². The highest BCUT2D eigenvalue weighted by molar-refractivity contribution is 5.77. The van der Waals surface area contributed by atoms with Gasteiger partial charge in [0.15, 0.2) is 0 Å². The molecular weight excluding hydrogens is 166 g/mol. The Hall–Kier alpha value is -0.610. The smallest absolute Gasteiger partial charge is 0.236 e. The maximum Gasteiger partial charge on any atom is 0.236 e.